The third kappa shape index (κ3) is 3.43. The average molecular weight is 345 g/mol. The van der Waals surface area contributed by atoms with Gasteiger partial charge in [-0.15, -0.1) is 0 Å². The quantitative estimate of drug-likeness (QED) is 0.623. The molecule has 0 aliphatic carbocycles. The van der Waals surface area contributed by atoms with Crippen molar-refractivity contribution in [1.82, 2.24) is 0 Å². The van der Waals surface area contributed by atoms with Crippen LogP contribution in [0.4, 0.5) is 0 Å². The fourth-order valence-electron chi connectivity index (χ4n) is 2.05. The number of benzene rings is 1. The lowest BCUT2D eigenvalue weighted by molar-refractivity contribution is -0.142. The van der Waals surface area contributed by atoms with Crippen LogP contribution >= 0.6 is 23.2 Å². The van der Waals surface area contributed by atoms with Crippen molar-refractivity contribution in [3.8, 4) is 0 Å². The van der Waals surface area contributed by atoms with Crippen LogP contribution in [0, 0.1) is 0 Å². The third-order valence-electron chi connectivity index (χ3n) is 4.11. The predicted octanol–water partition coefficient (Wildman–Crippen LogP) is 3.36. The maximum absolute atomic E-state index is 10.9. The van der Waals surface area contributed by atoms with Gasteiger partial charge in [0.15, 0.2) is 0 Å². The van der Waals surface area contributed by atoms with Crippen molar-refractivity contribution < 1.29 is 18.8 Å². The first-order valence-electron chi connectivity index (χ1n) is 7.00. The van der Waals surface area contributed by atoms with Crippen molar-refractivity contribution in [3.63, 3.8) is 0 Å². The highest BCUT2D eigenvalue weighted by molar-refractivity contribution is 6.62. The molecule has 1 aromatic carbocycles. The third-order valence-corrected chi connectivity index (χ3v) is 4.78. The number of esters is 1. The number of hydrogen-bond donors (Lipinski definition) is 0. The number of halogens is 2. The second-order valence-corrected chi connectivity index (χ2v) is 7.15. The van der Waals surface area contributed by atoms with Crippen molar-refractivity contribution in [2.75, 3.05) is 0 Å². The molecular weight excluding hydrogens is 326 g/mol. The summed E-state index contributed by atoms with van der Waals surface area (Å²) in [4.78, 5) is 10.9. The topological polar surface area (TPSA) is 44.8 Å². The van der Waals surface area contributed by atoms with Crippen LogP contribution in [0.5, 0.6) is 0 Å². The Morgan fingerprint density at radius 2 is 1.59 bits per heavy atom. The molecule has 22 heavy (non-hydrogen) atoms. The highest BCUT2D eigenvalue weighted by Gasteiger charge is 2.51. The van der Waals surface area contributed by atoms with Crippen LogP contribution in [0.3, 0.4) is 0 Å². The van der Waals surface area contributed by atoms with Crippen molar-refractivity contribution in [3.05, 3.63) is 27.7 Å². The normalized spacial score (nSPS) is 19.3. The molecular formula is C15H19BCl2O4. The standard InChI is InChI=1S/C15H19BCl2O4/c1-9(19)20-8-11-12(17)6-10(7-13(11)18)16-21-14(2,3)15(4,5)22-16/h6-7H,8H2,1-5H3. The fraction of sp³-hybridized carbons (Fsp3) is 0.533. The van der Waals surface area contributed by atoms with Gasteiger partial charge in [-0.05, 0) is 45.3 Å². The number of ether oxygens (including phenoxy) is 1. The average Bonchev–Trinajstić information content (AvgIpc) is 2.57. The summed E-state index contributed by atoms with van der Waals surface area (Å²) in [7, 11) is -0.539. The zero-order chi connectivity index (χ0) is 16.7. The van der Waals surface area contributed by atoms with E-state index in [1.807, 2.05) is 27.7 Å². The van der Waals surface area contributed by atoms with E-state index in [0.717, 1.165) is 5.46 Å². The summed E-state index contributed by atoms with van der Waals surface area (Å²) in [5.41, 5.74) is 0.430. The van der Waals surface area contributed by atoms with Crippen molar-refractivity contribution in [1.29, 1.82) is 0 Å². The van der Waals surface area contributed by atoms with Crippen LogP contribution in [0.25, 0.3) is 0 Å². The highest BCUT2D eigenvalue weighted by Crippen LogP contribution is 2.37. The Bertz CT molecular complexity index is 562. The second-order valence-electron chi connectivity index (χ2n) is 6.33. The maximum atomic E-state index is 10.9. The van der Waals surface area contributed by atoms with Crippen LogP contribution < -0.4 is 5.46 Å². The summed E-state index contributed by atoms with van der Waals surface area (Å²) in [6, 6.07) is 3.46. The van der Waals surface area contributed by atoms with Crippen molar-refractivity contribution in [2.24, 2.45) is 0 Å². The van der Waals surface area contributed by atoms with Gasteiger partial charge in [0.25, 0.3) is 0 Å². The monoisotopic (exact) mass is 344 g/mol. The lowest BCUT2D eigenvalue weighted by Gasteiger charge is -2.32. The lowest BCUT2D eigenvalue weighted by Crippen LogP contribution is -2.41. The molecule has 1 heterocycles. The first-order valence-corrected chi connectivity index (χ1v) is 7.76. The van der Waals surface area contributed by atoms with Crippen LogP contribution in [0.15, 0.2) is 12.1 Å². The van der Waals surface area contributed by atoms with Gasteiger partial charge in [-0.3, -0.25) is 4.79 Å². The fourth-order valence-corrected chi connectivity index (χ4v) is 2.66. The van der Waals surface area contributed by atoms with Crippen molar-refractivity contribution in [2.45, 2.75) is 52.4 Å². The molecule has 0 N–H and O–H groups in total. The molecule has 0 radical (unpaired) electrons. The van der Waals surface area contributed by atoms with Gasteiger partial charge in [0.05, 0.1) is 11.2 Å². The van der Waals surface area contributed by atoms with E-state index in [9.17, 15) is 4.79 Å². The van der Waals surface area contributed by atoms with E-state index in [0.29, 0.717) is 15.6 Å². The van der Waals surface area contributed by atoms with E-state index in [4.69, 9.17) is 37.2 Å². The number of hydrogen-bond acceptors (Lipinski definition) is 4. The Balaban J connectivity index is 2.26. The van der Waals surface area contributed by atoms with Gasteiger partial charge < -0.3 is 14.0 Å². The summed E-state index contributed by atoms with van der Waals surface area (Å²) in [6.07, 6.45) is 0. The molecule has 0 atom stereocenters. The van der Waals surface area contributed by atoms with Crippen LogP contribution in [0.2, 0.25) is 10.0 Å². The molecule has 0 spiro atoms. The van der Waals surface area contributed by atoms with E-state index in [1.54, 1.807) is 12.1 Å². The first-order chi connectivity index (χ1) is 10.0. The SMILES string of the molecule is CC(=O)OCc1c(Cl)cc(B2OC(C)(C)C(C)(C)O2)cc1Cl. The minimum Gasteiger partial charge on any atom is -0.461 e. The zero-order valence-corrected chi connectivity index (χ0v) is 14.8. The smallest absolute Gasteiger partial charge is 0.461 e. The zero-order valence-electron chi connectivity index (χ0n) is 13.3. The minimum atomic E-state index is -0.539. The predicted molar refractivity (Wildman–Crippen MR) is 87.6 cm³/mol. The lowest BCUT2D eigenvalue weighted by atomic mass is 9.79. The van der Waals surface area contributed by atoms with Crippen LogP contribution in [-0.4, -0.2) is 24.3 Å². The summed E-state index contributed by atoms with van der Waals surface area (Å²) in [6.45, 7) is 9.28. The molecule has 1 fully saturated rings. The second kappa shape index (κ2) is 6.04. The van der Waals surface area contributed by atoms with Gasteiger partial charge in [-0.25, -0.2) is 0 Å². The van der Waals surface area contributed by atoms with E-state index < -0.39 is 18.3 Å². The molecule has 1 aliphatic rings. The molecule has 0 aromatic heterocycles. The van der Waals surface area contributed by atoms with Gasteiger partial charge >= 0.3 is 13.1 Å². The molecule has 0 bridgehead atoms. The van der Waals surface area contributed by atoms with Gasteiger partial charge in [-0.2, -0.15) is 0 Å². The number of carbonyl (C=O) groups is 1. The van der Waals surface area contributed by atoms with Gasteiger partial charge in [0.1, 0.15) is 6.61 Å². The molecule has 1 saturated heterocycles. The summed E-state index contributed by atoms with van der Waals surface area (Å²) in [5.74, 6) is -0.387. The Morgan fingerprint density at radius 1 is 1.14 bits per heavy atom. The molecule has 0 unspecified atom stereocenters. The Hall–Kier alpha value is -0.745. The van der Waals surface area contributed by atoms with Crippen molar-refractivity contribution >= 4 is 41.8 Å². The summed E-state index contributed by atoms with van der Waals surface area (Å²) >= 11 is 12.5. The van der Waals surface area contributed by atoms with Gasteiger partial charge in [-0.1, -0.05) is 23.2 Å². The molecule has 7 heteroatoms. The van der Waals surface area contributed by atoms with Gasteiger partial charge in [0, 0.05) is 22.5 Å². The first kappa shape index (κ1) is 17.6. The highest BCUT2D eigenvalue weighted by atomic mass is 35.5. The molecule has 2 rings (SSSR count). The summed E-state index contributed by atoms with van der Waals surface area (Å²) < 4.78 is 16.9. The van der Waals surface area contributed by atoms with Gasteiger partial charge in [0.2, 0.25) is 0 Å². The summed E-state index contributed by atoms with van der Waals surface area (Å²) in [5, 5.41) is 0.830. The molecule has 1 aromatic rings. The Morgan fingerprint density at radius 3 is 2.00 bits per heavy atom. The Kier molecular flexibility index (Phi) is 4.84. The molecule has 0 saturated carbocycles. The molecule has 120 valence electrons. The van der Waals surface area contributed by atoms with E-state index >= 15 is 0 Å². The minimum absolute atomic E-state index is 0.0383. The molecule has 0 amide bonds. The maximum Gasteiger partial charge on any atom is 0.494 e. The largest absolute Gasteiger partial charge is 0.494 e. The van der Waals surface area contributed by atoms with Crippen LogP contribution in [0.1, 0.15) is 40.2 Å². The number of carbonyl (C=O) groups excluding carboxylic acids is 1. The molecule has 4 nitrogen and oxygen atoms in total. The van der Waals surface area contributed by atoms with E-state index in [-0.39, 0.29) is 12.6 Å². The molecule has 1 aliphatic heterocycles. The van der Waals surface area contributed by atoms with Crippen LogP contribution in [-0.2, 0) is 25.4 Å². The van der Waals surface area contributed by atoms with E-state index in [2.05, 4.69) is 0 Å². The number of rotatable bonds is 3. The Labute approximate surface area is 141 Å². The van der Waals surface area contributed by atoms with E-state index in [1.165, 1.54) is 6.92 Å².